The van der Waals surface area contributed by atoms with Crippen molar-refractivity contribution < 1.29 is 0 Å². The van der Waals surface area contributed by atoms with Gasteiger partial charge in [0, 0.05) is 9.37 Å². The standard InChI is InChI=1S/C9H10BrS/c1-2-7-11-9-5-3-8(10)4-6-9/h3-6H,1-2,7H2. The van der Waals surface area contributed by atoms with E-state index in [1.807, 2.05) is 11.8 Å². The minimum atomic E-state index is 0.987. The van der Waals surface area contributed by atoms with Crippen LogP contribution in [0.5, 0.6) is 0 Å². The summed E-state index contributed by atoms with van der Waals surface area (Å²) >= 11 is 5.24. The van der Waals surface area contributed by atoms with Gasteiger partial charge in [-0.15, -0.1) is 11.8 Å². The SMILES string of the molecule is [CH2]CCSc1ccc(Br)cc1. The van der Waals surface area contributed by atoms with Crippen LogP contribution in [0.25, 0.3) is 0 Å². The van der Waals surface area contributed by atoms with Crippen LogP contribution in [0.15, 0.2) is 33.6 Å². The topological polar surface area (TPSA) is 0 Å². The Morgan fingerprint density at radius 2 is 1.91 bits per heavy atom. The van der Waals surface area contributed by atoms with Crippen LogP contribution in [0.4, 0.5) is 0 Å². The number of thioether (sulfide) groups is 1. The van der Waals surface area contributed by atoms with Crippen LogP contribution in [-0.4, -0.2) is 5.75 Å². The molecule has 1 aromatic carbocycles. The van der Waals surface area contributed by atoms with Gasteiger partial charge in [0.05, 0.1) is 0 Å². The Labute approximate surface area is 80.5 Å². The second kappa shape index (κ2) is 4.83. The Balaban J connectivity index is 2.52. The van der Waals surface area contributed by atoms with Gasteiger partial charge in [-0.05, 0) is 36.4 Å². The van der Waals surface area contributed by atoms with E-state index in [2.05, 4.69) is 47.1 Å². The molecule has 1 radical (unpaired) electrons. The molecular formula is C9H10BrS. The largest absolute Gasteiger partial charge is 0.126 e. The molecule has 0 atom stereocenters. The van der Waals surface area contributed by atoms with Gasteiger partial charge < -0.3 is 0 Å². The monoisotopic (exact) mass is 229 g/mol. The Morgan fingerprint density at radius 1 is 1.27 bits per heavy atom. The lowest BCUT2D eigenvalue weighted by molar-refractivity contribution is 1.24. The van der Waals surface area contributed by atoms with Crippen molar-refractivity contribution in [2.75, 3.05) is 5.75 Å². The molecule has 11 heavy (non-hydrogen) atoms. The minimum absolute atomic E-state index is 0.987. The Kier molecular flexibility index (Phi) is 4.02. The van der Waals surface area contributed by atoms with Crippen LogP contribution in [0.1, 0.15) is 6.42 Å². The smallest absolute Gasteiger partial charge is 0.0176 e. The van der Waals surface area contributed by atoms with E-state index in [9.17, 15) is 0 Å². The normalized spacial score (nSPS) is 10.0. The number of benzene rings is 1. The molecular weight excluding hydrogens is 220 g/mol. The van der Waals surface area contributed by atoms with Crippen LogP contribution < -0.4 is 0 Å². The third kappa shape index (κ3) is 3.30. The highest BCUT2D eigenvalue weighted by Crippen LogP contribution is 2.20. The lowest BCUT2D eigenvalue weighted by Gasteiger charge is -1.98. The van der Waals surface area contributed by atoms with E-state index in [1.54, 1.807) is 0 Å². The molecule has 2 heteroatoms. The van der Waals surface area contributed by atoms with Gasteiger partial charge in [0.25, 0.3) is 0 Å². The van der Waals surface area contributed by atoms with E-state index in [1.165, 1.54) is 4.90 Å². The summed E-state index contributed by atoms with van der Waals surface area (Å²) in [7, 11) is 0. The summed E-state index contributed by atoms with van der Waals surface area (Å²) in [5.41, 5.74) is 0. The second-order valence-electron chi connectivity index (χ2n) is 2.16. The van der Waals surface area contributed by atoms with Crippen LogP contribution in [0.2, 0.25) is 0 Å². The zero-order valence-electron chi connectivity index (χ0n) is 6.22. The molecule has 0 aliphatic heterocycles. The summed E-state index contributed by atoms with van der Waals surface area (Å²) in [4.78, 5) is 1.32. The van der Waals surface area contributed by atoms with Crippen LogP contribution in [-0.2, 0) is 0 Å². The van der Waals surface area contributed by atoms with Crippen molar-refractivity contribution in [1.29, 1.82) is 0 Å². The third-order valence-electron chi connectivity index (χ3n) is 1.23. The quantitative estimate of drug-likeness (QED) is 0.712. The maximum Gasteiger partial charge on any atom is 0.0176 e. The van der Waals surface area contributed by atoms with E-state index in [0.717, 1.165) is 16.6 Å². The number of hydrogen-bond acceptors (Lipinski definition) is 1. The average Bonchev–Trinajstić information content (AvgIpc) is 2.04. The van der Waals surface area contributed by atoms with Crippen molar-refractivity contribution in [2.24, 2.45) is 0 Å². The molecule has 1 aromatic rings. The lowest BCUT2D eigenvalue weighted by atomic mass is 10.4. The Hall–Kier alpha value is 0.0500. The van der Waals surface area contributed by atoms with Gasteiger partial charge in [-0.3, -0.25) is 0 Å². The molecule has 0 heterocycles. The Morgan fingerprint density at radius 3 is 2.45 bits per heavy atom. The fraction of sp³-hybridized carbons (Fsp3) is 0.222. The molecule has 0 aromatic heterocycles. The third-order valence-corrected chi connectivity index (χ3v) is 2.85. The number of halogens is 1. The van der Waals surface area contributed by atoms with Crippen LogP contribution in [0, 0.1) is 6.92 Å². The molecule has 0 saturated carbocycles. The minimum Gasteiger partial charge on any atom is -0.126 e. The van der Waals surface area contributed by atoms with Crippen LogP contribution >= 0.6 is 27.7 Å². The highest BCUT2D eigenvalue weighted by Gasteiger charge is 1.91. The van der Waals surface area contributed by atoms with Crippen molar-refractivity contribution in [3.05, 3.63) is 35.7 Å². The van der Waals surface area contributed by atoms with Gasteiger partial charge >= 0.3 is 0 Å². The zero-order chi connectivity index (χ0) is 8.10. The molecule has 0 saturated heterocycles. The van der Waals surface area contributed by atoms with Crippen molar-refractivity contribution >= 4 is 27.7 Å². The lowest BCUT2D eigenvalue weighted by Crippen LogP contribution is -1.74. The summed E-state index contributed by atoms with van der Waals surface area (Å²) in [6.45, 7) is 3.79. The van der Waals surface area contributed by atoms with Gasteiger partial charge in [-0.25, -0.2) is 0 Å². The summed E-state index contributed by atoms with van der Waals surface area (Å²) < 4.78 is 1.14. The van der Waals surface area contributed by atoms with Crippen molar-refractivity contribution in [2.45, 2.75) is 11.3 Å². The van der Waals surface area contributed by atoms with Gasteiger partial charge in [0.2, 0.25) is 0 Å². The zero-order valence-corrected chi connectivity index (χ0v) is 8.62. The predicted octanol–water partition coefficient (Wildman–Crippen LogP) is 3.77. The first-order chi connectivity index (χ1) is 5.33. The highest BCUT2D eigenvalue weighted by molar-refractivity contribution is 9.10. The van der Waals surface area contributed by atoms with Crippen molar-refractivity contribution in [3.8, 4) is 0 Å². The second-order valence-corrected chi connectivity index (χ2v) is 4.24. The number of rotatable bonds is 3. The first kappa shape index (κ1) is 9.14. The molecule has 0 fully saturated rings. The van der Waals surface area contributed by atoms with Gasteiger partial charge in [0.1, 0.15) is 0 Å². The highest BCUT2D eigenvalue weighted by atomic mass is 79.9. The molecule has 0 amide bonds. The molecule has 0 bridgehead atoms. The van der Waals surface area contributed by atoms with Gasteiger partial charge in [-0.1, -0.05) is 22.9 Å². The van der Waals surface area contributed by atoms with E-state index in [4.69, 9.17) is 0 Å². The molecule has 1 rings (SSSR count). The molecule has 0 spiro atoms. The first-order valence-electron chi connectivity index (χ1n) is 3.50. The maximum atomic E-state index is 3.79. The average molecular weight is 230 g/mol. The predicted molar refractivity (Wildman–Crippen MR) is 54.8 cm³/mol. The summed E-state index contributed by atoms with van der Waals surface area (Å²) in [6.07, 6.45) is 0.987. The molecule has 0 aliphatic carbocycles. The molecule has 0 nitrogen and oxygen atoms in total. The maximum absolute atomic E-state index is 3.79. The molecule has 0 aliphatic rings. The van der Waals surface area contributed by atoms with E-state index in [-0.39, 0.29) is 0 Å². The van der Waals surface area contributed by atoms with E-state index >= 15 is 0 Å². The van der Waals surface area contributed by atoms with Gasteiger partial charge in [-0.2, -0.15) is 0 Å². The Bertz CT molecular complexity index is 205. The molecule has 0 N–H and O–H groups in total. The first-order valence-corrected chi connectivity index (χ1v) is 5.28. The fourth-order valence-corrected chi connectivity index (χ4v) is 1.69. The summed E-state index contributed by atoms with van der Waals surface area (Å²) in [5, 5.41) is 0. The van der Waals surface area contributed by atoms with E-state index in [0.29, 0.717) is 0 Å². The molecule has 0 unspecified atom stereocenters. The summed E-state index contributed by atoms with van der Waals surface area (Å²) in [6, 6.07) is 8.35. The van der Waals surface area contributed by atoms with Gasteiger partial charge in [0.15, 0.2) is 0 Å². The van der Waals surface area contributed by atoms with Crippen molar-refractivity contribution in [1.82, 2.24) is 0 Å². The summed E-state index contributed by atoms with van der Waals surface area (Å²) in [5.74, 6) is 1.10. The fourth-order valence-electron chi connectivity index (χ4n) is 0.721. The molecule has 59 valence electrons. The van der Waals surface area contributed by atoms with Crippen LogP contribution in [0.3, 0.4) is 0 Å². The number of hydrogen-bond donors (Lipinski definition) is 0. The van der Waals surface area contributed by atoms with E-state index < -0.39 is 0 Å². The van der Waals surface area contributed by atoms with Crippen molar-refractivity contribution in [3.63, 3.8) is 0 Å².